The third-order valence-electron chi connectivity index (χ3n) is 4.57. The third kappa shape index (κ3) is 3.21. The standard InChI is InChI=1S/C17H25NO3/c1-2-17(14-7-5-8-15(20)13-14)9-3-4-10-18(16(17)21)11-6-12-19/h5,7-8,13,19-20H,2-4,6,9-12H2,1H3. The number of aliphatic hydroxyl groups is 1. The molecule has 1 aliphatic heterocycles. The summed E-state index contributed by atoms with van der Waals surface area (Å²) in [6.45, 7) is 3.52. The number of aromatic hydroxyl groups is 1. The molecule has 0 radical (unpaired) electrons. The number of carbonyl (C=O) groups is 1. The number of phenols is 1. The van der Waals surface area contributed by atoms with Crippen LogP contribution in [0.2, 0.25) is 0 Å². The van der Waals surface area contributed by atoms with E-state index in [-0.39, 0.29) is 18.3 Å². The topological polar surface area (TPSA) is 60.8 Å². The van der Waals surface area contributed by atoms with Crippen LogP contribution in [0.25, 0.3) is 0 Å². The number of hydrogen-bond donors (Lipinski definition) is 2. The average molecular weight is 291 g/mol. The van der Waals surface area contributed by atoms with Crippen molar-refractivity contribution in [3.8, 4) is 5.75 Å². The van der Waals surface area contributed by atoms with E-state index >= 15 is 0 Å². The summed E-state index contributed by atoms with van der Waals surface area (Å²) in [5.74, 6) is 0.348. The molecule has 1 aromatic rings. The van der Waals surface area contributed by atoms with Crippen LogP contribution in [-0.2, 0) is 10.2 Å². The van der Waals surface area contributed by atoms with E-state index in [4.69, 9.17) is 5.11 Å². The molecule has 0 saturated carbocycles. The molecule has 1 heterocycles. The molecule has 4 nitrogen and oxygen atoms in total. The summed E-state index contributed by atoms with van der Waals surface area (Å²) in [5, 5.41) is 18.8. The maximum Gasteiger partial charge on any atom is 0.233 e. The number of nitrogens with zero attached hydrogens (tertiary/aromatic N) is 1. The van der Waals surface area contributed by atoms with Crippen LogP contribution >= 0.6 is 0 Å². The first kappa shape index (κ1) is 15.8. The van der Waals surface area contributed by atoms with Gasteiger partial charge >= 0.3 is 0 Å². The van der Waals surface area contributed by atoms with Crippen molar-refractivity contribution in [2.45, 2.75) is 44.4 Å². The fraction of sp³-hybridized carbons (Fsp3) is 0.588. The highest BCUT2D eigenvalue weighted by Gasteiger charge is 2.42. The monoisotopic (exact) mass is 291 g/mol. The summed E-state index contributed by atoms with van der Waals surface area (Å²) in [4.78, 5) is 15.0. The summed E-state index contributed by atoms with van der Waals surface area (Å²) in [5.41, 5.74) is 0.371. The van der Waals surface area contributed by atoms with Crippen molar-refractivity contribution in [2.24, 2.45) is 0 Å². The van der Waals surface area contributed by atoms with E-state index < -0.39 is 5.41 Å². The van der Waals surface area contributed by atoms with E-state index in [9.17, 15) is 9.90 Å². The molecular formula is C17H25NO3. The summed E-state index contributed by atoms with van der Waals surface area (Å²) >= 11 is 0. The normalized spacial score (nSPS) is 23.1. The van der Waals surface area contributed by atoms with E-state index in [1.165, 1.54) is 0 Å². The highest BCUT2D eigenvalue weighted by molar-refractivity contribution is 5.88. The van der Waals surface area contributed by atoms with Crippen molar-refractivity contribution >= 4 is 5.91 Å². The van der Waals surface area contributed by atoms with Crippen molar-refractivity contribution in [3.05, 3.63) is 29.8 Å². The first-order chi connectivity index (χ1) is 10.1. The van der Waals surface area contributed by atoms with Gasteiger partial charge in [0.05, 0.1) is 5.41 Å². The molecule has 2 N–H and O–H groups in total. The van der Waals surface area contributed by atoms with Gasteiger partial charge in [0, 0.05) is 19.7 Å². The van der Waals surface area contributed by atoms with Crippen LogP contribution in [0.3, 0.4) is 0 Å². The van der Waals surface area contributed by atoms with Gasteiger partial charge in [-0.2, -0.15) is 0 Å². The Balaban J connectivity index is 2.36. The fourth-order valence-electron chi connectivity index (χ4n) is 3.32. The molecule has 0 aromatic heterocycles. The van der Waals surface area contributed by atoms with Crippen LogP contribution in [0.1, 0.15) is 44.6 Å². The number of carbonyl (C=O) groups excluding carboxylic acids is 1. The van der Waals surface area contributed by atoms with Gasteiger partial charge in [-0.3, -0.25) is 4.79 Å². The molecule has 1 atom stereocenters. The van der Waals surface area contributed by atoms with E-state index in [1.807, 2.05) is 17.9 Å². The van der Waals surface area contributed by atoms with Crippen molar-refractivity contribution < 1.29 is 15.0 Å². The van der Waals surface area contributed by atoms with Crippen LogP contribution in [0.4, 0.5) is 0 Å². The van der Waals surface area contributed by atoms with Crippen molar-refractivity contribution in [3.63, 3.8) is 0 Å². The number of hydrogen-bond acceptors (Lipinski definition) is 3. The SMILES string of the molecule is CCC1(c2cccc(O)c2)CCCCN(CCCO)C1=O. The third-order valence-corrected chi connectivity index (χ3v) is 4.57. The molecule has 0 bridgehead atoms. The summed E-state index contributed by atoms with van der Waals surface area (Å²) in [6, 6.07) is 7.10. The van der Waals surface area contributed by atoms with E-state index in [0.717, 1.165) is 37.8 Å². The summed E-state index contributed by atoms with van der Waals surface area (Å²) < 4.78 is 0. The molecule has 1 aliphatic rings. The number of aliphatic hydroxyl groups excluding tert-OH is 1. The first-order valence-electron chi connectivity index (χ1n) is 7.84. The van der Waals surface area contributed by atoms with Crippen molar-refractivity contribution in [2.75, 3.05) is 19.7 Å². The lowest BCUT2D eigenvalue weighted by atomic mass is 9.73. The summed E-state index contributed by atoms with van der Waals surface area (Å²) in [6.07, 6.45) is 4.17. The van der Waals surface area contributed by atoms with Gasteiger partial charge in [-0.15, -0.1) is 0 Å². The Morgan fingerprint density at radius 2 is 2.14 bits per heavy atom. The Bertz CT molecular complexity index is 489. The Morgan fingerprint density at radius 1 is 1.33 bits per heavy atom. The van der Waals surface area contributed by atoms with Crippen LogP contribution in [0.15, 0.2) is 24.3 Å². The van der Waals surface area contributed by atoms with Crippen LogP contribution in [0.5, 0.6) is 5.75 Å². The lowest BCUT2D eigenvalue weighted by Gasteiger charge is -2.35. The largest absolute Gasteiger partial charge is 0.508 e. The highest BCUT2D eigenvalue weighted by atomic mass is 16.3. The van der Waals surface area contributed by atoms with E-state index in [1.54, 1.807) is 18.2 Å². The molecule has 4 heteroatoms. The van der Waals surface area contributed by atoms with E-state index in [2.05, 4.69) is 0 Å². The Morgan fingerprint density at radius 3 is 2.81 bits per heavy atom. The predicted octanol–water partition coefficient (Wildman–Crippen LogP) is 2.43. The zero-order chi connectivity index (χ0) is 15.3. The maximum absolute atomic E-state index is 13.1. The molecule has 0 aliphatic carbocycles. The number of amides is 1. The number of benzene rings is 1. The smallest absolute Gasteiger partial charge is 0.233 e. The molecule has 1 saturated heterocycles. The zero-order valence-electron chi connectivity index (χ0n) is 12.7. The van der Waals surface area contributed by atoms with E-state index in [0.29, 0.717) is 13.0 Å². The minimum absolute atomic E-state index is 0.106. The second-order valence-corrected chi connectivity index (χ2v) is 5.81. The van der Waals surface area contributed by atoms with Crippen LogP contribution in [0, 0.1) is 0 Å². The Kier molecular flexibility index (Phi) is 5.23. The van der Waals surface area contributed by atoms with Gasteiger partial charge < -0.3 is 15.1 Å². The quantitative estimate of drug-likeness (QED) is 0.876. The summed E-state index contributed by atoms with van der Waals surface area (Å²) in [7, 11) is 0. The van der Waals surface area contributed by atoms with Gasteiger partial charge in [-0.25, -0.2) is 0 Å². The Labute approximate surface area is 126 Å². The second-order valence-electron chi connectivity index (χ2n) is 5.81. The first-order valence-corrected chi connectivity index (χ1v) is 7.84. The molecule has 2 rings (SSSR count). The van der Waals surface area contributed by atoms with Gasteiger partial charge in [-0.1, -0.05) is 25.5 Å². The number of phenolic OH excluding ortho intramolecular Hbond substituents is 1. The molecule has 21 heavy (non-hydrogen) atoms. The number of likely N-dealkylation sites (tertiary alicyclic amines) is 1. The Hall–Kier alpha value is -1.55. The zero-order valence-corrected chi connectivity index (χ0v) is 12.7. The second kappa shape index (κ2) is 6.94. The minimum Gasteiger partial charge on any atom is -0.508 e. The van der Waals surface area contributed by atoms with Gasteiger partial charge in [0.15, 0.2) is 0 Å². The van der Waals surface area contributed by atoms with Crippen molar-refractivity contribution in [1.29, 1.82) is 0 Å². The predicted molar refractivity (Wildman–Crippen MR) is 82.2 cm³/mol. The van der Waals surface area contributed by atoms with Crippen molar-refractivity contribution in [1.82, 2.24) is 4.90 Å². The molecule has 1 amide bonds. The average Bonchev–Trinajstić information content (AvgIpc) is 2.65. The molecule has 1 fully saturated rings. The number of rotatable bonds is 5. The van der Waals surface area contributed by atoms with Gasteiger partial charge in [0.2, 0.25) is 5.91 Å². The van der Waals surface area contributed by atoms with Gasteiger partial charge in [-0.05, 0) is 43.4 Å². The lowest BCUT2D eigenvalue weighted by molar-refractivity contribution is -0.137. The van der Waals surface area contributed by atoms with Gasteiger partial charge in [0.1, 0.15) is 5.75 Å². The fourth-order valence-corrected chi connectivity index (χ4v) is 3.32. The molecule has 1 aromatic carbocycles. The maximum atomic E-state index is 13.1. The van der Waals surface area contributed by atoms with Gasteiger partial charge in [0.25, 0.3) is 0 Å². The lowest BCUT2D eigenvalue weighted by Crippen LogP contribution is -2.45. The molecular weight excluding hydrogens is 266 g/mol. The van der Waals surface area contributed by atoms with Crippen LogP contribution in [-0.4, -0.2) is 40.7 Å². The van der Waals surface area contributed by atoms with Crippen LogP contribution < -0.4 is 0 Å². The molecule has 0 spiro atoms. The molecule has 1 unspecified atom stereocenters. The minimum atomic E-state index is -0.537. The highest BCUT2D eigenvalue weighted by Crippen LogP contribution is 2.38. The molecule has 116 valence electrons.